The molecule has 0 saturated heterocycles. The highest BCUT2D eigenvalue weighted by atomic mass is 16.3. The molecule has 0 unspecified atom stereocenters. The van der Waals surface area contributed by atoms with Gasteiger partial charge in [-0.2, -0.15) is 0 Å². The first kappa shape index (κ1) is 8.55. The number of fused-ring (bicyclic) bond motifs is 1. The Balaban J connectivity index is 2.40. The summed E-state index contributed by atoms with van der Waals surface area (Å²) in [4.78, 5) is 25.0. The monoisotopic (exact) mass is 189 g/mol. The Labute approximate surface area is 79.8 Å². The van der Waals surface area contributed by atoms with Gasteiger partial charge in [-0.25, -0.2) is 0 Å². The summed E-state index contributed by atoms with van der Waals surface area (Å²) >= 11 is 0. The zero-order chi connectivity index (χ0) is 9.97. The normalized spacial score (nSPS) is 12.9. The number of anilines is 1. The number of rotatable bonds is 1. The van der Waals surface area contributed by atoms with Crippen LogP contribution in [-0.2, 0) is 6.54 Å². The predicted molar refractivity (Wildman–Crippen MR) is 52.4 cm³/mol. The molecule has 1 aliphatic rings. The maximum absolute atomic E-state index is 11.0. The third kappa shape index (κ3) is 1.39. The molecular weight excluding hydrogens is 182 g/mol. The zero-order valence-electron chi connectivity index (χ0n) is 7.23. The third-order valence-corrected chi connectivity index (χ3v) is 2.01. The predicted octanol–water partition coefficient (Wildman–Crippen LogP) is 1.55. The number of carbonyl (C=O) groups is 1. The molecule has 1 N–H and O–H groups in total. The van der Waals surface area contributed by atoms with E-state index in [0.717, 1.165) is 11.3 Å². The topological polar surface area (TPSA) is 70.9 Å². The molecule has 1 aromatic rings. The standard InChI is InChI=1S/C9H7N3O2/c13-9(12-14)6-1-2-8-7(3-6)4-10-5-11-8/h1-3,5H,4H2,(H,10,11). The minimum absolute atomic E-state index is 0.303. The van der Waals surface area contributed by atoms with E-state index in [0.29, 0.717) is 12.1 Å². The number of nitrogens with one attached hydrogen (secondary N) is 1. The maximum atomic E-state index is 11.0. The van der Waals surface area contributed by atoms with Crippen LogP contribution < -0.4 is 5.32 Å². The summed E-state index contributed by atoms with van der Waals surface area (Å²) in [5.41, 5.74) is 2.10. The van der Waals surface area contributed by atoms with Crippen molar-refractivity contribution in [3.05, 3.63) is 34.2 Å². The van der Waals surface area contributed by atoms with Crippen LogP contribution in [0, 0.1) is 4.91 Å². The Morgan fingerprint density at radius 3 is 3.14 bits per heavy atom. The lowest BCUT2D eigenvalue weighted by atomic mass is 10.1. The van der Waals surface area contributed by atoms with Gasteiger partial charge in [0.05, 0.1) is 12.9 Å². The van der Waals surface area contributed by atoms with E-state index in [2.05, 4.69) is 15.5 Å². The lowest BCUT2D eigenvalue weighted by molar-refractivity contribution is 0.100. The van der Waals surface area contributed by atoms with Crippen molar-refractivity contribution >= 4 is 17.9 Å². The number of aliphatic imine (C=N–C) groups is 1. The fraction of sp³-hybridized carbons (Fsp3) is 0.111. The van der Waals surface area contributed by atoms with Crippen LogP contribution in [0.4, 0.5) is 5.69 Å². The average Bonchev–Trinajstić information content (AvgIpc) is 2.27. The van der Waals surface area contributed by atoms with Crippen molar-refractivity contribution in [2.45, 2.75) is 6.54 Å². The second kappa shape index (κ2) is 3.37. The fourth-order valence-electron chi connectivity index (χ4n) is 1.31. The molecule has 0 spiro atoms. The molecule has 1 aromatic carbocycles. The summed E-state index contributed by atoms with van der Waals surface area (Å²) in [7, 11) is 0. The summed E-state index contributed by atoms with van der Waals surface area (Å²) in [6, 6.07) is 4.93. The van der Waals surface area contributed by atoms with Gasteiger partial charge >= 0.3 is 5.91 Å². The molecule has 0 atom stereocenters. The first-order valence-electron chi connectivity index (χ1n) is 4.06. The number of hydrogen-bond donors (Lipinski definition) is 1. The number of carbonyl (C=O) groups excluding carboxylic acids is 1. The Bertz CT molecular complexity index is 426. The highest BCUT2D eigenvalue weighted by molar-refractivity contribution is 5.96. The molecule has 5 heteroatoms. The number of nitrogens with zero attached hydrogens (tertiary/aromatic N) is 2. The quantitative estimate of drug-likeness (QED) is 0.681. The van der Waals surface area contributed by atoms with Gasteiger partial charge in [-0.15, -0.1) is 4.91 Å². The van der Waals surface area contributed by atoms with Gasteiger partial charge in [-0.3, -0.25) is 9.79 Å². The average molecular weight is 189 g/mol. The van der Waals surface area contributed by atoms with E-state index < -0.39 is 5.91 Å². The fourth-order valence-corrected chi connectivity index (χ4v) is 1.31. The first-order valence-corrected chi connectivity index (χ1v) is 4.06. The molecule has 1 heterocycles. The third-order valence-electron chi connectivity index (χ3n) is 2.01. The van der Waals surface area contributed by atoms with E-state index in [1.54, 1.807) is 24.5 Å². The summed E-state index contributed by atoms with van der Waals surface area (Å²) in [6.45, 7) is 0.516. The summed E-state index contributed by atoms with van der Waals surface area (Å²) in [6.07, 6.45) is 1.60. The van der Waals surface area contributed by atoms with E-state index in [-0.39, 0.29) is 0 Å². The molecule has 0 aliphatic carbocycles. The van der Waals surface area contributed by atoms with E-state index in [1.165, 1.54) is 0 Å². The van der Waals surface area contributed by atoms with Gasteiger partial charge in [0.15, 0.2) is 0 Å². The molecule has 0 saturated carbocycles. The van der Waals surface area contributed by atoms with Crippen LogP contribution in [0.15, 0.2) is 28.4 Å². The Morgan fingerprint density at radius 1 is 1.50 bits per heavy atom. The van der Waals surface area contributed by atoms with Crippen LogP contribution in [0.25, 0.3) is 0 Å². The molecule has 14 heavy (non-hydrogen) atoms. The van der Waals surface area contributed by atoms with Gasteiger partial charge in [-0.1, -0.05) is 0 Å². The van der Waals surface area contributed by atoms with Gasteiger partial charge in [0, 0.05) is 16.4 Å². The smallest absolute Gasteiger partial charge is 0.316 e. The molecule has 2 rings (SSSR count). The molecule has 1 aliphatic heterocycles. The van der Waals surface area contributed by atoms with E-state index in [1.807, 2.05) is 0 Å². The first-order chi connectivity index (χ1) is 6.81. The van der Waals surface area contributed by atoms with Gasteiger partial charge in [0.1, 0.15) is 0 Å². The number of amides is 1. The van der Waals surface area contributed by atoms with Crippen LogP contribution in [0.3, 0.4) is 0 Å². The largest absolute Gasteiger partial charge is 0.346 e. The van der Waals surface area contributed by atoms with Crippen molar-refractivity contribution in [3.63, 3.8) is 0 Å². The second-order valence-electron chi connectivity index (χ2n) is 2.88. The Morgan fingerprint density at radius 2 is 2.36 bits per heavy atom. The van der Waals surface area contributed by atoms with Gasteiger partial charge in [0.25, 0.3) is 0 Å². The molecule has 1 amide bonds. The van der Waals surface area contributed by atoms with E-state index >= 15 is 0 Å². The van der Waals surface area contributed by atoms with Crippen LogP contribution in [-0.4, -0.2) is 12.2 Å². The number of nitroso groups, excluding NO2 is 1. The van der Waals surface area contributed by atoms with Gasteiger partial charge in [-0.05, 0) is 23.8 Å². The molecule has 5 nitrogen and oxygen atoms in total. The second-order valence-corrected chi connectivity index (χ2v) is 2.88. The van der Waals surface area contributed by atoms with E-state index in [9.17, 15) is 9.70 Å². The molecule has 0 fully saturated rings. The summed E-state index contributed by atoms with van der Waals surface area (Å²) in [5.74, 6) is -0.748. The lowest BCUT2D eigenvalue weighted by Crippen LogP contribution is -2.06. The summed E-state index contributed by atoms with van der Waals surface area (Å²) < 4.78 is 0. The summed E-state index contributed by atoms with van der Waals surface area (Å²) in [5, 5.41) is 5.29. The number of benzene rings is 1. The Hall–Kier alpha value is -2.04. The highest BCUT2D eigenvalue weighted by Gasteiger charge is 2.10. The Kier molecular flexibility index (Phi) is 2.06. The van der Waals surface area contributed by atoms with Crippen molar-refractivity contribution < 1.29 is 4.79 Å². The SMILES string of the molecule is O=NC(=O)c1ccc2c(c1)CN=CN2. The van der Waals surface area contributed by atoms with Crippen molar-refractivity contribution in [2.24, 2.45) is 10.2 Å². The number of hydrogen-bond acceptors (Lipinski definition) is 4. The van der Waals surface area contributed by atoms with Crippen LogP contribution in [0.5, 0.6) is 0 Å². The van der Waals surface area contributed by atoms with Crippen LogP contribution in [0.2, 0.25) is 0 Å². The molecule has 0 aromatic heterocycles. The van der Waals surface area contributed by atoms with Crippen LogP contribution in [0.1, 0.15) is 15.9 Å². The van der Waals surface area contributed by atoms with Crippen LogP contribution >= 0.6 is 0 Å². The zero-order valence-corrected chi connectivity index (χ0v) is 7.23. The maximum Gasteiger partial charge on any atom is 0.316 e. The van der Waals surface area contributed by atoms with Crippen molar-refractivity contribution in [3.8, 4) is 0 Å². The minimum atomic E-state index is -0.748. The molecule has 0 bridgehead atoms. The lowest BCUT2D eigenvalue weighted by Gasteiger charge is -2.11. The van der Waals surface area contributed by atoms with Gasteiger partial charge < -0.3 is 5.32 Å². The highest BCUT2D eigenvalue weighted by Crippen LogP contribution is 2.20. The van der Waals surface area contributed by atoms with Gasteiger partial charge in [0.2, 0.25) is 0 Å². The molecule has 70 valence electrons. The molecule has 0 radical (unpaired) electrons. The van der Waals surface area contributed by atoms with Crippen molar-refractivity contribution in [2.75, 3.05) is 5.32 Å². The van der Waals surface area contributed by atoms with E-state index in [4.69, 9.17) is 0 Å². The minimum Gasteiger partial charge on any atom is -0.346 e. The molecular formula is C9H7N3O2. The van der Waals surface area contributed by atoms with Crippen molar-refractivity contribution in [1.82, 2.24) is 0 Å². The van der Waals surface area contributed by atoms with Crippen molar-refractivity contribution in [1.29, 1.82) is 0 Å².